The molecular weight excluding hydrogens is 186 g/mol. The third-order valence-corrected chi connectivity index (χ3v) is 2.72. The van der Waals surface area contributed by atoms with E-state index in [2.05, 4.69) is 39.9 Å². The zero-order valence-electron chi connectivity index (χ0n) is 11.2. The monoisotopic (exact) mass is 215 g/mol. The first kappa shape index (κ1) is 14.9. The lowest BCUT2D eigenvalue weighted by molar-refractivity contribution is -0.0216. The largest absolute Gasteiger partial charge is 0.376 e. The summed E-state index contributed by atoms with van der Waals surface area (Å²) in [6.07, 6.45) is 4.79. The number of ether oxygens (including phenoxy) is 1. The second-order valence-corrected chi connectivity index (χ2v) is 5.13. The van der Waals surface area contributed by atoms with Crippen LogP contribution in [0.3, 0.4) is 0 Å². The van der Waals surface area contributed by atoms with Gasteiger partial charge in [-0.25, -0.2) is 0 Å². The average molecular weight is 215 g/mol. The lowest BCUT2D eigenvalue weighted by atomic mass is 10.1. The molecule has 0 heterocycles. The molecule has 0 aromatic heterocycles. The summed E-state index contributed by atoms with van der Waals surface area (Å²) in [6.45, 7) is 12.9. The molecule has 0 radical (unpaired) electrons. The summed E-state index contributed by atoms with van der Waals surface area (Å²) in [7, 11) is 0. The van der Waals surface area contributed by atoms with Crippen LogP contribution in [0.4, 0.5) is 0 Å². The van der Waals surface area contributed by atoms with Crippen molar-refractivity contribution >= 4 is 0 Å². The zero-order chi connectivity index (χ0) is 11.7. The fraction of sp³-hybridized carbons (Fsp3) is 1.00. The van der Waals surface area contributed by atoms with Gasteiger partial charge in [-0.3, -0.25) is 0 Å². The van der Waals surface area contributed by atoms with Crippen molar-refractivity contribution in [2.45, 2.75) is 71.9 Å². The molecule has 0 aliphatic rings. The van der Waals surface area contributed by atoms with Gasteiger partial charge < -0.3 is 10.1 Å². The average Bonchev–Trinajstić information content (AvgIpc) is 2.16. The van der Waals surface area contributed by atoms with Crippen LogP contribution in [-0.4, -0.2) is 24.8 Å². The molecule has 92 valence electrons. The van der Waals surface area contributed by atoms with Gasteiger partial charge in [0.15, 0.2) is 0 Å². The molecule has 2 heteroatoms. The normalized spacial score (nSPS) is 12.4. The van der Waals surface area contributed by atoms with Gasteiger partial charge in [0.2, 0.25) is 0 Å². The summed E-state index contributed by atoms with van der Waals surface area (Å²) in [5.74, 6) is 0. The van der Waals surface area contributed by atoms with Crippen molar-refractivity contribution in [2.75, 3.05) is 13.2 Å². The van der Waals surface area contributed by atoms with Gasteiger partial charge >= 0.3 is 0 Å². The maximum Gasteiger partial charge on any atom is 0.0623 e. The molecule has 15 heavy (non-hydrogen) atoms. The van der Waals surface area contributed by atoms with Gasteiger partial charge in [0.25, 0.3) is 0 Å². The molecule has 0 fully saturated rings. The van der Waals surface area contributed by atoms with Crippen molar-refractivity contribution in [3.8, 4) is 0 Å². The van der Waals surface area contributed by atoms with Crippen LogP contribution < -0.4 is 5.32 Å². The van der Waals surface area contributed by atoms with Crippen LogP contribution in [0, 0.1) is 0 Å². The van der Waals surface area contributed by atoms with Gasteiger partial charge in [-0.05, 0) is 46.1 Å². The van der Waals surface area contributed by atoms with Crippen molar-refractivity contribution in [1.29, 1.82) is 0 Å². The first-order chi connectivity index (χ1) is 6.98. The Morgan fingerprint density at radius 1 is 1.13 bits per heavy atom. The molecule has 1 N–H and O–H groups in total. The number of unbranched alkanes of at least 4 members (excludes halogenated alkanes) is 2. The van der Waals surface area contributed by atoms with Crippen molar-refractivity contribution in [1.82, 2.24) is 5.32 Å². The fourth-order valence-electron chi connectivity index (χ4n) is 1.25. The van der Waals surface area contributed by atoms with E-state index in [0.29, 0.717) is 6.04 Å². The molecule has 0 rings (SSSR count). The van der Waals surface area contributed by atoms with E-state index in [1.54, 1.807) is 0 Å². The Hall–Kier alpha value is -0.0800. The molecule has 0 aromatic rings. The van der Waals surface area contributed by atoms with Gasteiger partial charge in [-0.2, -0.15) is 0 Å². The number of hydrogen-bond donors (Lipinski definition) is 1. The Labute approximate surface area is 95.8 Å². The summed E-state index contributed by atoms with van der Waals surface area (Å²) in [6, 6.07) is 0.611. The Morgan fingerprint density at radius 2 is 1.80 bits per heavy atom. The van der Waals surface area contributed by atoms with Gasteiger partial charge in [0.1, 0.15) is 0 Å². The van der Waals surface area contributed by atoms with Gasteiger partial charge in [-0.1, -0.05) is 20.8 Å². The highest BCUT2D eigenvalue weighted by molar-refractivity contribution is 4.64. The molecule has 0 spiro atoms. The molecule has 0 saturated heterocycles. The van der Waals surface area contributed by atoms with Gasteiger partial charge in [-0.15, -0.1) is 0 Å². The minimum atomic E-state index is 0.0657. The number of hydrogen-bond acceptors (Lipinski definition) is 2. The quantitative estimate of drug-likeness (QED) is 0.595. The van der Waals surface area contributed by atoms with E-state index in [-0.39, 0.29) is 5.60 Å². The van der Waals surface area contributed by atoms with E-state index in [1.165, 1.54) is 19.3 Å². The molecule has 2 nitrogen and oxygen atoms in total. The topological polar surface area (TPSA) is 21.3 Å². The summed E-state index contributed by atoms with van der Waals surface area (Å²) in [4.78, 5) is 0. The van der Waals surface area contributed by atoms with E-state index in [0.717, 1.165) is 19.6 Å². The Balaban J connectivity index is 3.18. The Kier molecular flexibility index (Phi) is 8.07. The van der Waals surface area contributed by atoms with Crippen LogP contribution >= 0.6 is 0 Å². The third-order valence-electron chi connectivity index (χ3n) is 2.72. The zero-order valence-corrected chi connectivity index (χ0v) is 11.2. The lowest BCUT2D eigenvalue weighted by Gasteiger charge is -2.23. The maximum atomic E-state index is 5.79. The first-order valence-electron chi connectivity index (χ1n) is 6.35. The molecule has 0 atom stereocenters. The summed E-state index contributed by atoms with van der Waals surface area (Å²) in [5, 5.41) is 3.42. The van der Waals surface area contributed by atoms with Crippen molar-refractivity contribution in [2.24, 2.45) is 0 Å². The van der Waals surface area contributed by atoms with Crippen LogP contribution in [0.1, 0.15) is 60.3 Å². The minimum Gasteiger partial charge on any atom is -0.376 e. The smallest absolute Gasteiger partial charge is 0.0623 e. The minimum absolute atomic E-state index is 0.0657. The highest BCUT2D eigenvalue weighted by atomic mass is 16.5. The van der Waals surface area contributed by atoms with Gasteiger partial charge in [0, 0.05) is 12.6 Å². The molecule has 0 amide bonds. The Morgan fingerprint density at radius 3 is 2.33 bits per heavy atom. The SMILES string of the molecule is CCC(C)(C)OCCCCCNC(C)C. The lowest BCUT2D eigenvalue weighted by Crippen LogP contribution is -2.24. The molecule has 0 aromatic carbocycles. The predicted octanol–water partition coefficient (Wildman–Crippen LogP) is 3.36. The fourth-order valence-corrected chi connectivity index (χ4v) is 1.25. The van der Waals surface area contributed by atoms with Crippen LogP contribution in [0.15, 0.2) is 0 Å². The maximum absolute atomic E-state index is 5.79. The van der Waals surface area contributed by atoms with E-state index in [9.17, 15) is 0 Å². The second-order valence-electron chi connectivity index (χ2n) is 5.13. The van der Waals surface area contributed by atoms with Crippen LogP contribution in [0.2, 0.25) is 0 Å². The van der Waals surface area contributed by atoms with E-state index in [1.807, 2.05) is 0 Å². The van der Waals surface area contributed by atoms with Crippen LogP contribution in [0.25, 0.3) is 0 Å². The first-order valence-corrected chi connectivity index (χ1v) is 6.35. The summed E-state index contributed by atoms with van der Waals surface area (Å²) >= 11 is 0. The highest BCUT2D eigenvalue weighted by Gasteiger charge is 2.13. The molecule has 0 aliphatic carbocycles. The van der Waals surface area contributed by atoms with Gasteiger partial charge in [0.05, 0.1) is 5.60 Å². The van der Waals surface area contributed by atoms with E-state index < -0.39 is 0 Å². The molecule has 0 unspecified atom stereocenters. The Bertz CT molecular complexity index is 143. The van der Waals surface area contributed by atoms with Crippen LogP contribution in [0.5, 0.6) is 0 Å². The van der Waals surface area contributed by atoms with E-state index in [4.69, 9.17) is 4.74 Å². The van der Waals surface area contributed by atoms with Crippen molar-refractivity contribution in [3.05, 3.63) is 0 Å². The third kappa shape index (κ3) is 10.2. The highest BCUT2D eigenvalue weighted by Crippen LogP contribution is 2.14. The van der Waals surface area contributed by atoms with Crippen molar-refractivity contribution < 1.29 is 4.74 Å². The molecule has 0 bridgehead atoms. The molecule has 0 aliphatic heterocycles. The molecule has 0 saturated carbocycles. The summed E-state index contributed by atoms with van der Waals surface area (Å²) in [5.41, 5.74) is 0.0657. The predicted molar refractivity (Wildman–Crippen MR) is 67.3 cm³/mol. The summed E-state index contributed by atoms with van der Waals surface area (Å²) < 4.78 is 5.79. The molecular formula is C13H29NO. The van der Waals surface area contributed by atoms with Crippen LogP contribution in [-0.2, 0) is 4.74 Å². The standard InChI is InChI=1S/C13H29NO/c1-6-13(4,5)15-11-9-7-8-10-14-12(2)3/h12,14H,6-11H2,1-5H3. The van der Waals surface area contributed by atoms with E-state index >= 15 is 0 Å². The van der Waals surface area contributed by atoms with Crippen molar-refractivity contribution in [3.63, 3.8) is 0 Å². The number of rotatable bonds is 9. The number of nitrogens with one attached hydrogen (secondary N) is 1. The second kappa shape index (κ2) is 8.12.